The summed E-state index contributed by atoms with van der Waals surface area (Å²) >= 11 is 0. The molecule has 1 heterocycles. The molecule has 1 aromatic heterocycles. The molecule has 5 heteroatoms. The molecule has 0 aliphatic carbocycles. The van der Waals surface area contributed by atoms with E-state index in [4.69, 9.17) is 0 Å². The zero-order chi connectivity index (χ0) is 14.9. The maximum absolute atomic E-state index is 13.5. The maximum atomic E-state index is 13.5. The monoisotopic (exact) mass is 276 g/mol. The minimum absolute atomic E-state index is 0.0394. The van der Waals surface area contributed by atoms with E-state index in [0.717, 1.165) is 11.8 Å². The summed E-state index contributed by atoms with van der Waals surface area (Å²) in [6.07, 6.45) is 2.50. The molecule has 0 unspecified atom stereocenters. The number of hydrogen-bond acceptors (Lipinski definition) is 2. The van der Waals surface area contributed by atoms with Crippen LogP contribution in [0, 0.1) is 25.5 Å². The molecule has 0 aliphatic rings. The number of nitrogens with zero attached hydrogens (tertiary/aromatic N) is 2. The molecule has 3 nitrogen and oxygen atoms in total. The van der Waals surface area contributed by atoms with Crippen LogP contribution in [0.1, 0.15) is 27.3 Å². The molecule has 0 N–H and O–H groups in total. The lowest BCUT2D eigenvalue weighted by atomic mass is 10.1. The van der Waals surface area contributed by atoms with E-state index in [1.807, 2.05) is 0 Å². The van der Waals surface area contributed by atoms with Gasteiger partial charge in [-0.1, -0.05) is 12.1 Å². The molecule has 0 bridgehead atoms. The zero-order valence-electron chi connectivity index (χ0n) is 11.4. The van der Waals surface area contributed by atoms with Crippen molar-refractivity contribution in [3.8, 4) is 0 Å². The van der Waals surface area contributed by atoms with E-state index >= 15 is 0 Å². The summed E-state index contributed by atoms with van der Waals surface area (Å²) in [5, 5.41) is 4.15. The van der Waals surface area contributed by atoms with Gasteiger partial charge in [-0.25, -0.2) is 8.78 Å². The van der Waals surface area contributed by atoms with Crippen molar-refractivity contribution in [2.45, 2.75) is 13.8 Å². The molecule has 0 saturated carbocycles. The number of halogens is 2. The predicted molar refractivity (Wildman–Crippen MR) is 72.4 cm³/mol. The fraction of sp³-hybridized carbons (Fsp3) is 0.200. The van der Waals surface area contributed by atoms with E-state index in [-0.39, 0.29) is 11.3 Å². The molecular weight excluding hydrogens is 262 g/mol. The first-order chi connectivity index (χ1) is 9.41. The predicted octanol–water partition coefficient (Wildman–Crippen LogP) is 3.21. The van der Waals surface area contributed by atoms with Gasteiger partial charge in [0.1, 0.15) is 0 Å². The van der Waals surface area contributed by atoms with Crippen molar-refractivity contribution in [3.63, 3.8) is 0 Å². The summed E-state index contributed by atoms with van der Waals surface area (Å²) in [6, 6.07) is 3.83. The molecule has 0 aliphatic heterocycles. The van der Waals surface area contributed by atoms with Crippen molar-refractivity contribution in [1.82, 2.24) is 9.78 Å². The van der Waals surface area contributed by atoms with Crippen LogP contribution in [0.5, 0.6) is 0 Å². The van der Waals surface area contributed by atoms with Crippen molar-refractivity contribution in [2.75, 3.05) is 0 Å². The topological polar surface area (TPSA) is 34.9 Å². The summed E-state index contributed by atoms with van der Waals surface area (Å²) in [6.45, 7) is 3.51. The highest BCUT2D eigenvalue weighted by atomic mass is 19.2. The molecule has 0 saturated heterocycles. The number of aryl methyl sites for hydroxylation is 2. The van der Waals surface area contributed by atoms with Gasteiger partial charge in [-0.3, -0.25) is 9.48 Å². The Morgan fingerprint density at radius 3 is 2.60 bits per heavy atom. The second-order valence-corrected chi connectivity index (χ2v) is 4.51. The number of rotatable bonds is 3. The lowest BCUT2D eigenvalue weighted by Crippen LogP contribution is -1.99. The number of carbonyl (C=O) groups is 1. The van der Waals surface area contributed by atoms with Crippen LogP contribution in [0.4, 0.5) is 8.78 Å². The molecule has 0 atom stereocenters. The highest BCUT2D eigenvalue weighted by molar-refractivity contribution is 6.08. The number of hydrogen-bond donors (Lipinski definition) is 0. The van der Waals surface area contributed by atoms with Crippen LogP contribution in [0.25, 0.3) is 6.08 Å². The average molecular weight is 276 g/mol. The van der Waals surface area contributed by atoms with Gasteiger partial charge in [-0.15, -0.1) is 0 Å². The van der Waals surface area contributed by atoms with Crippen LogP contribution >= 0.6 is 0 Å². The molecule has 0 amide bonds. The first-order valence-electron chi connectivity index (χ1n) is 6.08. The van der Waals surface area contributed by atoms with E-state index in [0.29, 0.717) is 11.3 Å². The Morgan fingerprint density at radius 2 is 2.00 bits per heavy atom. The molecule has 20 heavy (non-hydrogen) atoms. The van der Waals surface area contributed by atoms with Crippen LogP contribution in [0.3, 0.4) is 0 Å². The van der Waals surface area contributed by atoms with Gasteiger partial charge in [0, 0.05) is 18.3 Å². The average Bonchev–Trinajstić information content (AvgIpc) is 2.65. The van der Waals surface area contributed by atoms with Crippen molar-refractivity contribution in [1.29, 1.82) is 0 Å². The van der Waals surface area contributed by atoms with Crippen LogP contribution < -0.4 is 0 Å². The zero-order valence-corrected chi connectivity index (χ0v) is 11.4. The lowest BCUT2D eigenvalue weighted by Gasteiger charge is -1.99. The number of allylic oxidation sites excluding steroid dienone is 1. The van der Waals surface area contributed by atoms with Gasteiger partial charge in [-0.2, -0.15) is 5.10 Å². The minimum atomic E-state index is -0.962. The van der Waals surface area contributed by atoms with E-state index in [1.165, 1.54) is 24.3 Å². The SMILES string of the molecule is Cc1nn(C)c(C)c1C(=O)C=Cc1cccc(F)c1F. The normalized spacial score (nSPS) is 11.2. The number of carbonyl (C=O) groups excluding carboxylic acids is 1. The summed E-state index contributed by atoms with van der Waals surface area (Å²) in [5.41, 5.74) is 1.87. The Labute approximate surface area is 115 Å². The number of aromatic nitrogens is 2. The highest BCUT2D eigenvalue weighted by Gasteiger charge is 2.15. The van der Waals surface area contributed by atoms with Crippen LogP contribution in [0.15, 0.2) is 24.3 Å². The third kappa shape index (κ3) is 2.52. The maximum Gasteiger partial charge on any atom is 0.189 e. The first kappa shape index (κ1) is 14.1. The van der Waals surface area contributed by atoms with E-state index < -0.39 is 11.6 Å². The van der Waals surface area contributed by atoms with Crippen molar-refractivity contribution in [3.05, 3.63) is 58.4 Å². The quantitative estimate of drug-likeness (QED) is 0.637. The van der Waals surface area contributed by atoms with Crippen LogP contribution in [-0.2, 0) is 7.05 Å². The Morgan fingerprint density at radius 1 is 1.30 bits per heavy atom. The molecule has 1 aromatic carbocycles. The highest BCUT2D eigenvalue weighted by Crippen LogP contribution is 2.16. The van der Waals surface area contributed by atoms with Gasteiger partial charge in [-0.05, 0) is 32.1 Å². The Bertz CT molecular complexity index is 702. The standard InChI is InChI=1S/C15H14F2N2O/c1-9-14(10(2)19(3)18-9)13(20)8-7-11-5-4-6-12(16)15(11)17/h4-8H,1-3H3. The lowest BCUT2D eigenvalue weighted by molar-refractivity contribution is 0.104. The van der Waals surface area contributed by atoms with Crippen LogP contribution in [0.2, 0.25) is 0 Å². The van der Waals surface area contributed by atoms with Crippen molar-refractivity contribution in [2.24, 2.45) is 7.05 Å². The molecule has 104 valence electrons. The largest absolute Gasteiger partial charge is 0.289 e. The molecule has 0 radical (unpaired) electrons. The second-order valence-electron chi connectivity index (χ2n) is 4.51. The summed E-state index contributed by atoms with van der Waals surface area (Å²) < 4.78 is 28.1. The second kappa shape index (κ2) is 5.36. The fourth-order valence-electron chi connectivity index (χ4n) is 2.03. The van der Waals surface area contributed by atoms with E-state index in [1.54, 1.807) is 25.6 Å². The number of ketones is 1. The Kier molecular flexibility index (Phi) is 3.79. The van der Waals surface area contributed by atoms with E-state index in [2.05, 4.69) is 5.10 Å². The molecule has 0 fully saturated rings. The summed E-state index contributed by atoms with van der Waals surface area (Å²) in [7, 11) is 1.75. The van der Waals surface area contributed by atoms with Gasteiger partial charge in [0.05, 0.1) is 11.3 Å². The van der Waals surface area contributed by atoms with Crippen molar-refractivity contribution < 1.29 is 13.6 Å². The Hall–Kier alpha value is -2.30. The molecule has 2 aromatic rings. The van der Waals surface area contributed by atoms with Gasteiger partial charge in [0.25, 0.3) is 0 Å². The van der Waals surface area contributed by atoms with Crippen molar-refractivity contribution >= 4 is 11.9 Å². The van der Waals surface area contributed by atoms with Gasteiger partial charge < -0.3 is 0 Å². The third-order valence-corrected chi connectivity index (χ3v) is 3.15. The first-order valence-corrected chi connectivity index (χ1v) is 6.08. The van der Waals surface area contributed by atoms with Gasteiger partial charge in [0.2, 0.25) is 0 Å². The summed E-state index contributed by atoms with van der Waals surface area (Å²) in [4.78, 5) is 12.1. The molecule has 0 spiro atoms. The fourth-order valence-corrected chi connectivity index (χ4v) is 2.03. The third-order valence-electron chi connectivity index (χ3n) is 3.15. The molecular formula is C15H14F2N2O. The number of benzene rings is 1. The minimum Gasteiger partial charge on any atom is -0.289 e. The van der Waals surface area contributed by atoms with Crippen LogP contribution in [-0.4, -0.2) is 15.6 Å². The van der Waals surface area contributed by atoms with Gasteiger partial charge >= 0.3 is 0 Å². The van der Waals surface area contributed by atoms with Gasteiger partial charge in [0.15, 0.2) is 17.4 Å². The summed E-state index contributed by atoms with van der Waals surface area (Å²) in [5.74, 6) is -2.18. The Balaban J connectivity index is 2.32. The van der Waals surface area contributed by atoms with E-state index in [9.17, 15) is 13.6 Å². The molecule has 2 rings (SSSR count). The smallest absolute Gasteiger partial charge is 0.189 e.